The quantitative estimate of drug-likeness (QED) is 0.915. The van der Waals surface area contributed by atoms with Gasteiger partial charge in [-0.25, -0.2) is 4.79 Å². The molecule has 2 amide bonds. The molecule has 5 heteroatoms. The molecule has 1 fully saturated rings. The highest BCUT2D eigenvalue weighted by Gasteiger charge is 2.25. The van der Waals surface area contributed by atoms with Crippen molar-refractivity contribution in [3.8, 4) is 0 Å². The summed E-state index contributed by atoms with van der Waals surface area (Å²) in [7, 11) is 1.92. The molecular formula is C18H32N4O. The van der Waals surface area contributed by atoms with Crippen LogP contribution in [0.3, 0.4) is 0 Å². The van der Waals surface area contributed by atoms with E-state index in [0.29, 0.717) is 6.04 Å². The van der Waals surface area contributed by atoms with Crippen molar-refractivity contribution in [2.45, 2.75) is 84.3 Å². The molecule has 0 aliphatic heterocycles. The normalized spacial score (nSPS) is 17.8. The lowest BCUT2D eigenvalue weighted by Gasteiger charge is -2.32. The van der Waals surface area contributed by atoms with Gasteiger partial charge in [-0.1, -0.05) is 19.3 Å². The van der Waals surface area contributed by atoms with Crippen LogP contribution in [0.5, 0.6) is 0 Å². The highest BCUT2D eigenvalue weighted by atomic mass is 16.2. The fourth-order valence-corrected chi connectivity index (χ4v) is 3.24. The number of nitrogens with one attached hydrogen (secondary N) is 1. The number of carbonyl (C=O) groups is 1. The number of carbonyl (C=O) groups excluding carboxylic acids is 1. The molecule has 1 aliphatic rings. The van der Waals surface area contributed by atoms with Gasteiger partial charge in [-0.3, -0.25) is 4.68 Å². The Labute approximate surface area is 140 Å². The van der Waals surface area contributed by atoms with Crippen molar-refractivity contribution in [2.24, 2.45) is 0 Å². The first-order valence-corrected chi connectivity index (χ1v) is 8.80. The van der Waals surface area contributed by atoms with Gasteiger partial charge in [0.2, 0.25) is 0 Å². The molecule has 1 aromatic heterocycles. The molecule has 1 atom stereocenters. The van der Waals surface area contributed by atoms with E-state index in [1.807, 2.05) is 30.5 Å². The molecule has 0 radical (unpaired) electrons. The van der Waals surface area contributed by atoms with Gasteiger partial charge in [0.25, 0.3) is 0 Å². The Morgan fingerprint density at radius 2 is 1.96 bits per heavy atom. The lowest BCUT2D eigenvalue weighted by Crippen LogP contribution is -2.45. The number of urea groups is 1. The van der Waals surface area contributed by atoms with Crippen molar-refractivity contribution < 1.29 is 4.79 Å². The first-order valence-electron chi connectivity index (χ1n) is 8.80. The van der Waals surface area contributed by atoms with E-state index >= 15 is 0 Å². The Balaban J connectivity index is 2.02. The van der Waals surface area contributed by atoms with Crippen LogP contribution in [0.2, 0.25) is 0 Å². The molecular weight excluding hydrogens is 288 g/mol. The summed E-state index contributed by atoms with van der Waals surface area (Å²) in [5.41, 5.74) is 2.02. The Morgan fingerprint density at radius 3 is 2.48 bits per heavy atom. The predicted octanol–water partition coefficient (Wildman–Crippen LogP) is 3.98. The van der Waals surface area contributed by atoms with Crippen LogP contribution in [-0.4, -0.2) is 33.8 Å². The second-order valence-electron chi connectivity index (χ2n) is 7.86. The number of aromatic nitrogens is 2. The maximum absolute atomic E-state index is 12.5. The van der Waals surface area contributed by atoms with Gasteiger partial charge in [0.1, 0.15) is 0 Å². The molecule has 1 saturated carbocycles. The van der Waals surface area contributed by atoms with Gasteiger partial charge < -0.3 is 10.2 Å². The third-order valence-electron chi connectivity index (χ3n) is 4.87. The second kappa shape index (κ2) is 6.93. The molecule has 0 spiro atoms. The molecule has 1 unspecified atom stereocenters. The van der Waals surface area contributed by atoms with Crippen LogP contribution in [-0.2, 0) is 5.54 Å². The Hall–Kier alpha value is -1.52. The van der Waals surface area contributed by atoms with Gasteiger partial charge in [-0.2, -0.15) is 5.10 Å². The van der Waals surface area contributed by atoms with E-state index in [1.54, 1.807) is 0 Å². The van der Waals surface area contributed by atoms with E-state index in [0.717, 1.165) is 24.1 Å². The fraction of sp³-hybridized carbons (Fsp3) is 0.778. The molecule has 2 rings (SSSR count). The number of hydrogen-bond donors (Lipinski definition) is 1. The van der Waals surface area contributed by atoms with Gasteiger partial charge in [-0.15, -0.1) is 0 Å². The van der Waals surface area contributed by atoms with Gasteiger partial charge in [0.05, 0.1) is 17.3 Å². The maximum atomic E-state index is 12.5. The molecule has 1 heterocycles. The van der Waals surface area contributed by atoms with Crippen LogP contribution in [0.1, 0.15) is 77.1 Å². The van der Waals surface area contributed by atoms with Crippen molar-refractivity contribution in [3.63, 3.8) is 0 Å². The number of nitrogens with zero attached hydrogens (tertiary/aromatic N) is 3. The zero-order chi connectivity index (χ0) is 17.2. The Kier molecular flexibility index (Phi) is 5.37. The van der Waals surface area contributed by atoms with Gasteiger partial charge in [0, 0.05) is 24.8 Å². The summed E-state index contributed by atoms with van der Waals surface area (Å²) in [5, 5.41) is 7.73. The summed E-state index contributed by atoms with van der Waals surface area (Å²) in [4.78, 5) is 14.4. The molecule has 130 valence electrons. The minimum Gasteiger partial charge on any atom is -0.331 e. The van der Waals surface area contributed by atoms with E-state index in [9.17, 15) is 4.79 Å². The molecule has 0 bridgehead atoms. The van der Waals surface area contributed by atoms with E-state index in [2.05, 4.69) is 37.4 Å². The van der Waals surface area contributed by atoms with Crippen LogP contribution in [0, 0.1) is 6.92 Å². The van der Waals surface area contributed by atoms with E-state index in [1.165, 1.54) is 19.3 Å². The first-order chi connectivity index (χ1) is 10.7. The number of hydrogen-bond acceptors (Lipinski definition) is 2. The maximum Gasteiger partial charge on any atom is 0.317 e. The van der Waals surface area contributed by atoms with Crippen LogP contribution in [0.15, 0.2) is 6.20 Å². The average molecular weight is 320 g/mol. The zero-order valence-corrected chi connectivity index (χ0v) is 15.5. The van der Waals surface area contributed by atoms with Crippen molar-refractivity contribution in [1.29, 1.82) is 0 Å². The van der Waals surface area contributed by atoms with Crippen molar-refractivity contribution in [2.75, 3.05) is 7.05 Å². The van der Waals surface area contributed by atoms with Gasteiger partial charge in [-0.05, 0) is 47.5 Å². The van der Waals surface area contributed by atoms with E-state index in [4.69, 9.17) is 0 Å². The lowest BCUT2D eigenvalue weighted by atomic mass is 9.95. The summed E-state index contributed by atoms with van der Waals surface area (Å²) in [5.74, 6) is 0. The van der Waals surface area contributed by atoms with Crippen molar-refractivity contribution in [1.82, 2.24) is 20.0 Å². The van der Waals surface area contributed by atoms with Crippen LogP contribution >= 0.6 is 0 Å². The van der Waals surface area contributed by atoms with Crippen molar-refractivity contribution >= 4 is 6.03 Å². The summed E-state index contributed by atoms with van der Waals surface area (Å²) >= 11 is 0. The molecule has 23 heavy (non-hydrogen) atoms. The first kappa shape index (κ1) is 17.8. The zero-order valence-electron chi connectivity index (χ0n) is 15.5. The van der Waals surface area contributed by atoms with Crippen LogP contribution < -0.4 is 5.32 Å². The van der Waals surface area contributed by atoms with Gasteiger partial charge in [0.15, 0.2) is 0 Å². The molecule has 1 N–H and O–H groups in total. The summed E-state index contributed by atoms with van der Waals surface area (Å²) in [6.07, 6.45) is 8.07. The molecule has 0 aromatic carbocycles. The summed E-state index contributed by atoms with van der Waals surface area (Å²) in [6, 6.07) is 0.367. The minimum absolute atomic E-state index is 0.0207. The standard InChI is InChI=1S/C18H32N4O/c1-13(16-12-22(18(3,4)5)20-14(16)2)19-17(23)21(6)15-10-8-7-9-11-15/h12-13,15H,7-11H2,1-6H3,(H,19,23). The fourth-order valence-electron chi connectivity index (χ4n) is 3.24. The number of rotatable bonds is 3. The summed E-state index contributed by atoms with van der Waals surface area (Å²) in [6.45, 7) is 10.4. The number of amides is 2. The number of aryl methyl sites for hydroxylation is 1. The highest BCUT2D eigenvalue weighted by molar-refractivity contribution is 5.74. The molecule has 5 nitrogen and oxygen atoms in total. The van der Waals surface area contributed by atoms with Gasteiger partial charge >= 0.3 is 6.03 Å². The second-order valence-corrected chi connectivity index (χ2v) is 7.86. The van der Waals surface area contributed by atoms with Crippen LogP contribution in [0.25, 0.3) is 0 Å². The molecule has 1 aliphatic carbocycles. The highest BCUT2D eigenvalue weighted by Crippen LogP contribution is 2.24. The van der Waals surface area contributed by atoms with E-state index in [-0.39, 0.29) is 17.6 Å². The molecule has 1 aromatic rings. The smallest absolute Gasteiger partial charge is 0.317 e. The SMILES string of the molecule is Cc1nn(C(C)(C)C)cc1C(C)NC(=O)N(C)C1CCCCC1. The minimum atomic E-state index is -0.0500. The monoisotopic (exact) mass is 320 g/mol. The van der Waals surface area contributed by atoms with Crippen molar-refractivity contribution in [3.05, 3.63) is 17.5 Å². The predicted molar refractivity (Wildman–Crippen MR) is 93.5 cm³/mol. The van der Waals surface area contributed by atoms with E-state index < -0.39 is 0 Å². The average Bonchev–Trinajstić information content (AvgIpc) is 2.89. The Morgan fingerprint density at radius 1 is 1.35 bits per heavy atom. The topological polar surface area (TPSA) is 50.2 Å². The third kappa shape index (κ3) is 4.27. The van der Waals surface area contributed by atoms with Crippen LogP contribution in [0.4, 0.5) is 4.79 Å². The lowest BCUT2D eigenvalue weighted by molar-refractivity contribution is 0.171. The third-order valence-corrected chi connectivity index (χ3v) is 4.87. The molecule has 0 saturated heterocycles. The summed E-state index contributed by atoms with van der Waals surface area (Å²) < 4.78 is 1.98. The Bertz CT molecular complexity index is 538. The largest absolute Gasteiger partial charge is 0.331 e.